The Morgan fingerprint density at radius 3 is 2.60 bits per heavy atom. The van der Waals surface area contributed by atoms with Crippen LogP contribution in [0.2, 0.25) is 0 Å². The molecule has 0 saturated heterocycles. The Hall–Kier alpha value is -2.28. The van der Waals surface area contributed by atoms with Gasteiger partial charge in [0.15, 0.2) is 17.3 Å². The van der Waals surface area contributed by atoms with Crippen LogP contribution in [0.15, 0.2) is 23.8 Å². The van der Waals surface area contributed by atoms with Crippen molar-refractivity contribution < 1.29 is 14.3 Å². The molecule has 0 bridgehead atoms. The molecule has 0 atom stereocenters. The van der Waals surface area contributed by atoms with E-state index in [2.05, 4.69) is 0 Å². The molecule has 0 saturated carbocycles. The number of carbonyl (C=O) groups excluding carboxylic acids is 1. The van der Waals surface area contributed by atoms with Gasteiger partial charge in [-0.3, -0.25) is 4.79 Å². The van der Waals surface area contributed by atoms with Crippen molar-refractivity contribution in [2.75, 3.05) is 13.7 Å². The second-order valence-electron chi connectivity index (χ2n) is 4.53. The molecule has 0 aromatic heterocycles. The molecule has 0 N–H and O–H groups in total. The number of hydrogen-bond acceptors (Lipinski definition) is 4. The normalized spacial score (nSPS) is 11.1. The monoisotopic (exact) mass is 273 g/mol. The van der Waals surface area contributed by atoms with Crippen LogP contribution < -0.4 is 9.47 Å². The second-order valence-corrected chi connectivity index (χ2v) is 4.53. The zero-order chi connectivity index (χ0) is 15.1. The summed E-state index contributed by atoms with van der Waals surface area (Å²) in [7, 11) is 1.55. The van der Waals surface area contributed by atoms with Crippen LogP contribution in [0.5, 0.6) is 11.5 Å². The standard InChI is InChI=1S/C16H19NO3/c1-5-20-14-7-6-12(9-15(14)19-4)8-13(10-17)16(18)11(2)3/h6-9,11H,5H2,1-4H3/b13-8+. The molecule has 0 heterocycles. The lowest BCUT2D eigenvalue weighted by Gasteiger charge is -2.10. The highest BCUT2D eigenvalue weighted by Gasteiger charge is 2.13. The number of benzene rings is 1. The predicted octanol–water partition coefficient (Wildman–Crippen LogP) is 3.23. The Labute approximate surface area is 119 Å². The SMILES string of the molecule is CCOc1ccc(/C=C(\C#N)C(=O)C(C)C)cc1OC. The minimum absolute atomic E-state index is 0.145. The Morgan fingerprint density at radius 1 is 1.40 bits per heavy atom. The van der Waals surface area contributed by atoms with E-state index in [9.17, 15) is 4.79 Å². The van der Waals surface area contributed by atoms with Crippen molar-refractivity contribution in [3.8, 4) is 17.6 Å². The van der Waals surface area contributed by atoms with E-state index in [1.165, 1.54) is 0 Å². The fraction of sp³-hybridized carbons (Fsp3) is 0.375. The summed E-state index contributed by atoms with van der Waals surface area (Å²) in [5.41, 5.74) is 0.877. The fourth-order valence-corrected chi connectivity index (χ4v) is 1.68. The highest BCUT2D eigenvalue weighted by molar-refractivity contribution is 6.04. The van der Waals surface area contributed by atoms with Gasteiger partial charge in [-0.15, -0.1) is 0 Å². The van der Waals surface area contributed by atoms with Crippen molar-refractivity contribution in [1.82, 2.24) is 0 Å². The van der Waals surface area contributed by atoms with Gasteiger partial charge in [-0.1, -0.05) is 19.9 Å². The summed E-state index contributed by atoms with van der Waals surface area (Å²) in [5.74, 6) is 0.849. The van der Waals surface area contributed by atoms with Gasteiger partial charge in [-0.05, 0) is 30.7 Å². The molecule has 0 amide bonds. The van der Waals surface area contributed by atoms with Gasteiger partial charge in [0.1, 0.15) is 6.07 Å². The van der Waals surface area contributed by atoms with E-state index in [4.69, 9.17) is 14.7 Å². The van der Waals surface area contributed by atoms with Gasteiger partial charge in [0, 0.05) is 5.92 Å². The molecule has 0 radical (unpaired) electrons. The molecule has 1 rings (SSSR count). The molecule has 0 aliphatic carbocycles. The molecule has 20 heavy (non-hydrogen) atoms. The molecule has 4 nitrogen and oxygen atoms in total. The van der Waals surface area contributed by atoms with Crippen LogP contribution >= 0.6 is 0 Å². The van der Waals surface area contributed by atoms with Crippen LogP contribution in [0.1, 0.15) is 26.3 Å². The lowest BCUT2D eigenvalue weighted by Crippen LogP contribution is -2.08. The number of ether oxygens (including phenoxy) is 2. The van der Waals surface area contributed by atoms with Crippen LogP contribution in [0, 0.1) is 17.2 Å². The first kappa shape index (κ1) is 15.8. The summed E-state index contributed by atoms with van der Waals surface area (Å²) in [6.07, 6.45) is 1.57. The number of carbonyl (C=O) groups is 1. The molecule has 0 fully saturated rings. The third kappa shape index (κ3) is 3.86. The van der Waals surface area contributed by atoms with Crippen LogP contribution in [0.4, 0.5) is 0 Å². The van der Waals surface area contributed by atoms with Gasteiger partial charge in [0.05, 0.1) is 19.3 Å². The van der Waals surface area contributed by atoms with E-state index < -0.39 is 0 Å². The zero-order valence-corrected chi connectivity index (χ0v) is 12.3. The molecule has 0 aliphatic rings. The average molecular weight is 273 g/mol. The average Bonchev–Trinajstić information content (AvgIpc) is 2.45. The van der Waals surface area contributed by atoms with Crippen molar-refractivity contribution in [1.29, 1.82) is 5.26 Å². The minimum Gasteiger partial charge on any atom is -0.493 e. The Bertz CT molecular complexity index is 553. The number of nitriles is 1. The topological polar surface area (TPSA) is 59.3 Å². The van der Waals surface area contributed by atoms with Gasteiger partial charge >= 0.3 is 0 Å². The summed E-state index contributed by atoms with van der Waals surface area (Å²) >= 11 is 0. The van der Waals surface area contributed by atoms with E-state index in [-0.39, 0.29) is 17.3 Å². The minimum atomic E-state index is -0.203. The summed E-state index contributed by atoms with van der Waals surface area (Å²) in [4.78, 5) is 11.9. The van der Waals surface area contributed by atoms with E-state index in [0.29, 0.717) is 18.1 Å². The van der Waals surface area contributed by atoms with Crippen molar-refractivity contribution in [2.24, 2.45) is 5.92 Å². The third-order valence-electron chi connectivity index (χ3n) is 2.71. The summed E-state index contributed by atoms with van der Waals surface area (Å²) < 4.78 is 10.7. The molecule has 0 aliphatic heterocycles. The highest BCUT2D eigenvalue weighted by Crippen LogP contribution is 2.29. The number of rotatable bonds is 6. The van der Waals surface area contributed by atoms with Crippen LogP contribution in [0.3, 0.4) is 0 Å². The van der Waals surface area contributed by atoms with Crippen LogP contribution in [-0.2, 0) is 4.79 Å². The summed E-state index contributed by atoms with van der Waals surface area (Å²) in [5, 5.41) is 9.08. The Morgan fingerprint density at radius 2 is 2.10 bits per heavy atom. The number of ketones is 1. The quantitative estimate of drug-likeness (QED) is 0.589. The summed E-state index contributed by atoms with van der Waals surface area (Å²) in [6.45, 7) is 5.97. The van der Waals surface area contributed by atoms with Gasteiger partial charge in [0.2, 0.25) is 0 Å². The first-order chi connectivity index (χ1) is 9.53. The second kappa shape index (κ2) is 7.34. The zero-order valence-electron chi connectivity index (χ0n) is 12.3. The van der Waals surface area contributed by atoms with Crippen LogP contribution in [-0.4, -0.2) is 19.5 Å². The molecular formula is C16H19NO3. The molecular weight excluding hydrogens is 254 g/mol. The van der Waals surface area contributed by atoms with E-state index >= 15 is 0 Å². The number of nitrogens with zero attached hydrogens (tertiary/aromatic N) is 1. The first-order valence-electron chi connectivity index (χ1n) is 6.50. The Kier molecular flexibility index (Phi) is 5.79. The van der Waals surface area contributed by atoms with Crippen LogP contribution in [0.25, 0.3) is 6.08 Å². The predicted molar refractivity (Wildman–Crippen MR) is 77.6 cm³/mol. The van der Waals surface area contributed by atoms with Gasteiger partial charge in [-0.25, -0.2) is 0 Å². The van der Waals surface area contributed by atoms with E-state index in [1.54, 1.807) is 45.2 Å². The Balaban J connectivity index is 3.14. The van der Waals surface area contributed by atoms with Gasteiger partial charge < -0.3 is 9.47 Å². The number of allylic oxidation sites excluding steroid dienone is 1. The van der Waals surface area contributed by atoms with Crippen molar-refractivity contribution in [3.05, 3.63) is 29.3 Å². The fourth-order valence-electron chi connectivity index (χ4n) is 1.68. The largest absolute Gasteiger partial charge is 0.493 e. The van der Waals surface area contributed by atoms with Gasteiger partial charge in [0.25, 0.3) is 0 Å². The van der Waals surface area contributed by atoms with Crippen molar-refractivity contribution in [3.63, 3.8) is 0 Å². The maximum Gasteiger partial charge on any atom is 0.175 e. The molecule has 0 spiro atoms. The third-order valence-corrected chi connectivity index (χ3v) is 2.71. The molecule has 4 heteroatoms. The number of hydrogen-bond donors (Lipinski definition) is 0. The van der Waals surface area contributed by atoms with E-state index in [0.717, 1.165) is 5.56 Å². The van der Waals surface area contributed by atoms with Gasteiger partial charge in [-0.2, -0.15) is 5.26 Å². The molecule has 1 aromatic carbocycles. The number of methoxy groups -OCH3 is 1. The maximum absolute atomic E-state index is 11.9. The lowest BCUT2D eigenvalue weighted by atomic mass is 10.00. The smallest absolute Gasteiger partial charge is 0.175 e. The first-order valence-corrected chi connectivity index (χ1v) is 6.50. The maximum atomic E-state index is 11.9. The highest BCUT2D eigenvalue weighted by atomic mass is 16.5. The molecule has 1 aromatic rings. The summed E-state index contributed by atoms with van der Waals surface area (Å²) in [6, 6.07) is 7.25. The molecule has 0 unspecified atom stereocenters. The molecule has 106 valence electrons. The lowest BCUT2D eigenvalue weighted by molar-refractivity contribution is -0.117. The number of Topliss-reactive ketones (excluding diaryl/α,β-unsaturated/α-hetero) is 1. The van der Waals surface area contributed by atoms with E-state index in [1.807, 2.05) is 13.0 Å². The van der Waals surface area contributed by atoms with Crippen molar-refractivity contribution >= 4 is 11.9 Å². The van der Waals surface area contributed by atoms with Crippen molar-refractivity contribution in [2.45, 2.75) is 20.8 Å².